The minimum atomic E-state index is -0.160. The van der Waals surface area contributed by atoms with Gasteiger partial charge in [-0.2, -0.15) is 10.2 Å². The number of hydrogen-bond donors (Lipinski definition) is 2. The molecule has 0 unspecified atom stereocenters. The zero-order chi connectivity index (χ0) is 23.5. The highest BCUT2D eigenvalue weighted by Gasteiger charge is 2.15. The second kappa shape index (κ2) is 8.92. The summed E-state index contributed by atoms with van der Waals surface area (Å²) in [6.07, 6.45) is 4.71. The number of fused-ring (bicyclic) bond motifs is 1. The topological polar surface area (TPSA) is 131 Å². The third kappa shape index (κ3) is 4.43. The quantitative estimate of drug-likeness (QED) is 0.464. The highest BCUT2D eigenvalue weighted by atomic mass is 16.5. The predicted octanol–water partition coefficient (Wildman–Crippen LogP) is 3.53. The van der Waals surface area contributed by atoms with Gasteiger partial charge in [-0.05, 0) is 44.0 Å². The number of pyridine rings is 3. The van der Waals surface area contributed by atoms with Crippen molar-refractivity contribution in [1.29, 1.82) is 5.26 Å². The molecule has 4 aromatic rings. The van der Waals surface area contributed by atoms with Crippen LogP contribution in [0.1, 0.15) is 34.1 Å². The maximum Gasteiger partial charge on any atom is 0.253 e. The molecule has 10 heteroatoms. The number of amides is 1. The zero-order valence-corrected chi connectivity index (χ0v) is 18.7. The van der Waals surface area contributed by atoms with Gasteiger partial charge < -0.3 is 19.9 Å². The van der Waals surface area contributed by atoms with E-state index < -0.39 is 0 Å². The van der Waals surface area contributed by atoms with Gasteiger partial charge in [-0.25, -0.2) is 15.0 Å². The van der Waals surface area contributed by atoms with Crippen molar-refractivity contribution >= 4 is 28.6 Å². The second-order valence-electron chi connectivity index (χ2n) is 7.45. The Bertz CT molecular complexity index is 1400. The molecule has 2 N–H and O–H groups in total. The lowest BCUT2D eigenvalue weighted by molar-refractivity contribution is 0.0955. The zero-order valence-electron chi connectivity index (χ0n) is 18.7. The van der Waals surface area contributed by atoms with Crippen molar-refractivity contribution in [2.75, 3.05) is 11.9 Å². The first-order valence-corrected chi connectivity index (χ1v) is 10.3. The smallest absolute Gasteiger partial charge is 0.253 e. The molecule has 0 aliphatic rings. The summed E-state index contributed by atoms with van der Waals surface area (Å²) >= 11 is 0. The number of nitrogens with zero attached hydrogens (tertiary/aromatic N) is 6. The largest absolute Gasteiger partial charge is 0.437 e. The number of aromatic nitrogens is 5. The van der Waals surface area contributed by atoms with E-state index in [0.29, 0.717) is 52.1 Å². The number of ether oxygens (including phenoxy) is 1. The van der Waals surface area contributed by atoms with Crippen molar-refractivity contribution < 1.29 is 9.53 Å². The molecule has 0 aliphatic carbocycles. The lowest BCUT2D eigenvalue weighted by Crippen LogP contribution is -2.23. The van der Waals surface area contributed by atoms with E-state index in [9.17, 15) is 4.79 Å². The van der Waals surface area contributed by atoms with Crippen LogP contribution in [-0.4, -0.2) is 37.0 Å². The van der Waals surface area contributed by atoms with Crippen molar-refractivity contribution in [3.8, 4) is 17.7 Å². The lowest BCUT2D eigenvalue weighted by Gasteiger charge is -2.12. The third-order valence-electron chi connectivity index (χ3n) is 4.99. The lowest BCUT2D eigenvalue weighted by atomic mass is 10.1. The second-order valence-corrected chi connectivity index (χ2v) is 7.45. The van der Waals surface area contributed by atoms with E-state index in [-0.39, 0.29) is 5.91 Å². The standard InChI is InChI=1S/C23H22N8O2/c1-5-25-23(32)16-10-27-19(7-13(16)2)29-17-8-20(30-22-21(17)28-12-31(22)4)33-18-11-26-15(9-24)6-14(18)3/h6-8,10-12H,5H2,1-4H3,(H,25,32)(H,27,29,30). The molecular weight excluding hydrogens is 420 g/mol. The molecule has 0 saturated heterocycles. The molecule has 0 aromatic carbocycles. The van der Waals surface area contributed by atoms with Gasteiger partial charge in [-0.1, -0.05) is 0 Å². The van der Waals surface area contributed by atoms with Crippen LogP contribution in [0.4, 0.5) is 11.5 Å². The van der Waals surface area contributed by atoms with Gasteiger partial charge in [0.2, 0.25) is 5.88 Å². The first-order valence-electron chi connectivity index (χ1n) is 10.3. The Hall–Kier alpha value is -4.52. The molecule has 0 spiro atoms. The van der Waals surface area contributed by atoms with Crippen LogP contribution in [0.25, 0.3) is 11.2 Å². The van der Waals surface area contributed by atoms with E-state index in [2.05, 4.69) is 30.6 Å². The molecule has 0 aliphatic heterocycles. The molecule has 4 rings (SSSR count). The molecule has 0 atom stereocenters. The van der Waals surface area contributed by atoms with Crippen molar-refractivity contribution in [3.63, 3.8) is 0 Å². The monoisotopic (exact) mass is 442 g/mol. The third-order valence-corrected chi connectivity index (χ3v) is 4.99. The fraction of sp³-hybridized carbons (Fsp3) is 0.217. The van der Waals surface area contributed by atoms with Crippen LogP contribution >= 0.6 is 0 Å². The van der Waals surface area contributed by atoms with Crippen LogP contribution in [0.5, 0.6) is 11.6 Å². The van der Waals surface area contributed by atoms with Crippen LogP contribution in [0.2, 0.25) is 0 Å². The van der Waals surface area contributed by atoms with E-state index >= 15 is 0 Å². The van der Waals surface area contributed by atoms with E-state index in [0.717, 1.165) is 11.1 Å². The number of carbonyl (C=O) groups is 1. The fourth-order valence-corrected chi connectivity index (χ4v) is 3.30. The van der Waals surface area contributed by atoms with Gasteiger partial charge >= 0.3 is 0 Å². The molecule has 33 heavy (non-hydrogen) atoms. The maximum absolute atomic E-state index is 12.2. The average molecular weight is 442 g/mol. The van der Waals surface area contributed by atoms with E-state index in [1.54, 1.807) is 35.3 Å². The van der Waals surface area contributed by atoms with Gasteiger partial charge in [-0.15, -0.1) is 0 Å². The first kappa shape index (κ1) is 21.7. The summed E-state index contributed by atoms with van der Waals surface area (Å²) in [5.41, 5.74) is 4.30. The molecule has 0 bridgehead atoms. The van der Waals surface area contributed by atoms with Crippen LogP contribution in [0, 0.1) is 25.2 Å². The Balaban J connectivity index is 1.69. The highest BCUT2D eigenvalue weighted by Crippen LogP contribution is 2.31. The summed E-state index contributed by atoms with van der Waals surface area (Å²) in [6, 6.07) is 7.19. The average Bonchev–Trinajstić information content (AvgIpc) is 3.16. The van der Waals surface area contributed by atoms with Crippen molar-refractivity contribution in [2.45, 2.75) is 20.8 Å². The molecule has 10 nitrogen and oxygen atoms in total. The highest BCUT2D eigenvalue weighted by molar-refractivity contribution is 5.95. The Morgan fingerprint density at radius 1 is 1.15 bits per heavy atom. The number of hydrogen-bond acceptors (Lipinski definition) is 8. The molecule has 0 saturated carbocycles. The number of aryl methyl sites for hydroxylation is 3. The summed E-state index contributed by atoms with van der Waals surface area (Å²) in [6.45, 7) is 6.11. The van der Waals surface area contributed by atoms with Crippen LogP contribution in [-0.2, 0) is 7.05 Å². The number of imidazole rings is 1. The van der Waals surface area contributed by atoms with E-state index in [1.165, 1.54) is 6.20 Å². The van der Waals surface area contributed by atoms with Gasteiger partial charge in [0.05, 0.1) is 23.8 Å². The Kier molecular flexibility index (Phi) is 5.87. The number of nitrogens with one attached hydrogen (secondary N) is 2. The Morgan fingerprint density at radius 2 is 1.97 bits per heavy atom. The van der Waals surface area contributed by atoms with Crippen LogP contribution < -0.4 is 15.4 Å². The Morgan fingerprint density at radius 3 is 2.67 bits per heavy atom. The minimum Gasteiger partial charge on any atom is -0.437 e. The summed E-state index contributed by atoms with van der Waals surface area (Å²) in [7, 11) is 1.84. The van der Waals surface area contributed by atoms with E-state index in [4.69, 9.17) is 10.00 Å². The number of anilines is 2. The molecule has 4 aromatic heterocycles. The summed E-state index contributed by atoms with van der Waals surface area (Å²) in [4.78, 5) is 29.6. The number of nitriles is 1. The van der Waals surface area contributed by atoms with Crippen LogP contribution in [0.3, 0.4) is 0 Å². The molecule has 0 fully saturated rings. The summed E-state index contributed by atoms with van der Waals surface area (Å²) < 4.78 is 7.77. The minimum absolute atomic E-state index is 0.160. The van der Waals surface area contributed by atoms with E-state index in [1.807, 2.05) is 33.9 Å². The van der Waals surface area contributed by atoms with Crippen LogP contribution in [0.15, 0.2) is 36.9 Å². The molecule has 0 radical (unpaired) electrons. The summed E-state index contributed by atoms with van der Waals surface area (Å²) in [5.74, 6) is 1.22. The van der Waals surface area contributed by atoms with Crippen molar-refractivity contribution in [3.05, 3.63) is 59.3 Å². The summed E-state index contributed by atoms with van der Waals surface area (Å²) in [5, 5.41) is 15.1. The normalized spacial score (nSPS) is 10.6. The SMILES string of the molecule is CCNC(=O)c1cnc(Nc2cc(Oc3cnc(C#N)cc3C)nc3c2ncn3C)cc1C. The fourth-order valence-electron chi connectivity index (χ4n) is 3.30. The van der Waals surface area contributed by atoms with Gasteiger partial charge in [0, 0.05) is 25.9 Å². The maximum atomic E-state index is 12.2. The van der Waals surface area contributed by atoms with Crippen molar-refractivity contribution in [2.24, 2.45) is 7.05 Å². The first-order chi connectivity index (χ1) is 15.9. The molecule has 166 valence electrons. The Labute approximate surface area is 190 Å². The molecule has 4 heterocycles. The van der Waals surface area contributed by atoms with Crippen molar-refractivity contribution in [1.82, 2.24) is 29.8 Å². The van der Waals surface area contributed by atoms with Gasteiger partial charge in [0.15, 0.2) is 11.4 Å². The number of rotatable bonds is 6. The molecule has 1 amide bonds. The van der Waals surface area contributed by atoms with Gasteiger partial charge in [0.25, 0.3) is 5.91 Å². The molecular formula is C23H22N8O2. The van der Waals surface area contributed by atoms with Gasteiger partial charge in [0.1, 0.15) is 23.1 Å². The number of carbonyl (C=O) groups excluding carboxylic acids is 1. The van der Waals surface area contributed by atoms with Gasteiger partial charge in [-0.3, -0.25) is 4.79 Å². The predicted molar refractivity (Wildman–Crippen MR) is 123 cm³/mol.